The molecule has 2 aromatic rings. The van der Waals surface area contributed by atoms with Crippen molar-refractivity contribution >= 4 is 41.0 Å². The zero-order valence-corrected chi connectivity index (χ0v) is 18.5. The number of rotatable bonds is 4. The number of anilines is 2. The van der Waals surface area contributed by atoms with Gasteiger partial charge < -0.3 is 4.90 Å². The maximum absolute atomic E-state index is 13.1. The van der Waals surface area contributed by atoms with Crippen LogP contribution in [0.1, 0.15) is 36.0 Å². The van der Waals surface area contributed by atoms with E-state index in [1.54, 1.807) is 30.3 Å². The van der Waals surface area contributed by atoms with Crippen molar-refractivity contribution in [1.82, 2.24) is 5.32 Å². The molecule has 2 aliphatic rings. The Morgan fingerprint density at radius 1 is 0.970 bits per heavy atom. The van der Waals surface area contributed by atoms with E-state index in [4.69, 9.17) is 0 Å². The van der Waals surface area contributed by atoms with Gasteiger partial charge in [0.25, 0.3) is 17.5 Å². The van der Waals surface area contributed by atoms with Gasteiger partial charge in [-0.25, -0.2) is 9.69 Å². The van der Waals surface area contributed by atoms with Gasteiger partial charge in [-0.15, -0.1) is 0 Å². The van der Waals surface area contributed by atoms with Crippen molar-refractivity contribution in [1.29, 1.82) is 0 Å². The molecule has 2 heterocycles. The van der Waals surface area contributed by atoms with Gasteiger partial charge in [0.2, 0.25) is 0 Å². The molecule has 0 unspecified atom stereocenters. The van der Waals surface area contributed by atoms with Gasteiger partial charge in [-0.3, -0.25) is 25.0 Å². The van der Waals surface area contributed by atoms with E-state index in [0.29, 0.717) is 16.9 Å². The lowest BCUT2D eigenvalue weighted by molar-refractivity contribution is -0.384. The Labute approximate surface area is 190 Å². The largest absolute Gasteiger partial charge is 0.366 e. The van der Waals surface area contributed by atoms with Crippen LogP contribution in [0.15, 0.2) is 42.0 Å². The maximum Gasteiger partial charge on any atom is 0.335 e. The van der Waals surface area contributed by atoms with Gasteiger partial charge in [0.15, 0.2) is 0 Å². The minimum Gasteiger partial charge on any atom is -0.366 e. The number of imide groups is 2. The highest BCUT2D eigenvalue weighted by atomic mass is 16.6. The molecule has 33 heavy (non-hydrogen) atoms. The van der Waals surface area contributed by atoms with E-state index in [2.05, 4.69) is 5.32 Å². The van der Waals surface area contributed by atoms with Crippen LogP contribution in [-0.4, -0.2) is 35.9 Å². The van der Waals surface area contributed by atoms with Crippen molar-refractivity contribution in [3.63, 3.8) is 0 Å². The first-order valence-corrected chi connectivity index (χ1v) is 10.8. The predicted octanol–water partition coefficient (Wildman–Crippen LogP) is 3.87. The molecule has 2 aliphatic heterocycles. The van der Waals surface area contributed by atoms with E-state index in [0.717, 1.165) is 48.4 Å². The summed E-state index contributed by atoms with van der Waals surface area (Å²) >= 11 is 0. The second kappa shape index (κ2) is 8.85. The fourth-order valence-electron chi connectivity index (χ4n) is 4.10. The highest BCUT2D eigenvalue weighted by molar-refractivity contribution is 6.39. The third-order valence-electron chi connectivity index (χ3n) is 6.05. The summed E-state index contributed by atoms with van der Waals surface area (Å²) in [5.41, 5.74) is 2.72. The Hall–Kier alpha value is -4.01. The van der Waals surface area contributed by atoms with Gasteiger partial charge in [0.05, 0.1) is 10.6 Å². The molecule has 1 N–H and O–H groups in total. The normalized spacial score (nSPS) is 18.0. The summed E-state index contributed by atoms with van der Waals surface area (Å²) in [7, 11) is 0. The molecule has 4 amide bonds. The topological polar surface area (TPSA) is 113 Å². The Bertz CT molecular complexity index is 1200. The molecule has 170 valence electrons. The van der Waals surface area contributed by atoms with Gasteiger partial charge >= 0.3 is 6.03 Å². The summed E-state index contributed by atoms with van der Waals surface area (Å²) in [6.45, 7) is 5.26. The van der Waals surface area contributed by atoms with Crippen molar-refractivity contribution in [2.75, 3.05) is 22.9 Å². The molecule has 0 radical (unpaired) electrons. The summed E-state index contributed by atoms with van der Waals surface area (Å²) in [5.74, 6) is -1.62. The number of barbiturate groups is 1. The smallest absolute Gasteiger partial charge is 0.335 e. The standard InChI is InChI=1S/C24H24N4O5/c1-15-6-8-18(12-16(15)2)27-23(30)19(22(29)25-24(27)31)13-17-7-9-20(21(14-17)28(32)33)26-10-4-3-5-11-26/h6-9,12-14H,3-5,10-11H2,1-2H3,(H,25,29,31)/b19-13+. The number of aryl methyl sites for hydroxylation is 2. The molecular weight excluding hydrogens is 424 g/mol. The fourth-order valence-corrected chi connectivity index (χ4v) is 4.10. The zero-order chi connectivity index (χ0) is 23.7. The Morgan fingerprint density at radius 2 is 1.70 bits per heavy atom. The van der Waals surface area contributed by atoms with Crippen LogP contribution in [0.25, 0.3) is 6.08 Å². The first-order chi connectivity index (χ1) is 15.8. The number of hydrogen-bond acceptors (Lipinski definition) is 6. The van der Waals surface area contributed by atoms with Crippen LogP contribution in [-0.2, 0) is 9.59 Å². The monoisotopic (exact) mass is 448 g/mol. The van der Waals surface area contributed by atoms with Crippen LogP contribution < -0.4 is 15.1 Å². The molecule has 2 aromatic carbocycles. The second-order valence-corrected chi connectivity index (χ2v) is 8.28. The number of nitro benzene ring substituents is 1. The molecule has 0 saturated carbocycles. The van der Waals surface area contributed by atoms with Crippen molar-refractivity contribution in [2.24, 2.45) is 0 Å². The Kier molecular flexibility index (Phi) is 5.95. The minimum absolute atomic E-state index is 0.0861. The van der Waals surface area contributed by atoms with Crippen molar-refractivity contribution in [3.8, 4) is 0 Å². The van der Waals surface area contributed by atoms with Gasteiger partial charge in [-0.2, -0.15) is 0 Å². The number of carbonyl (C=O) groups is 3. The lowest BCUT2D eigenvalue weighted by atomic mass is 10.0. The van der Waals surface area contributed by atoms with Crippen molar-refractivity contribution in [3.05, 3.63) is 68.8 Å². The third kappa shape index (κ3) is 4.34. The highest BCUT2D eigenvalue weighted by Crippen LogP contribution is 2.32. The fraction of sp³-hybridized carbons (Fsp3) is 0.292. The average molecular weight is 448 g/mol. The molecule has 0 aliphatic carbocycles. The highest BCUT2D eigenvalue weighted by Gasteiger charge is 2.37. The Morgan fingerprint density at radius 3 is 2.36 bits per heavy atom. The van der Waals surface area contributed by atoms with Gasteiger partial charge in [-0.05, 0) is 74.1 Å². The third-order valence-corrected chi connectivity index (χ3v) is 6.05. The van der Waals surface area contributed by atoms with Crippen LogP contribution in [0.2, 0.25) is 0 Å². The van der Waals surface area contributed by atoms with E-state index in [1.807, 2.05) is 18.7 Å². The molecular formula is C24H24N4O5. The minimum atomic E-state index is -0.840. The molecule has 0 aromatic heterocycles. The molecule has 2 saturated heterocycles. The average Bonchev–Trinajstić information content (AvgIpc) is 2.79. The first kappa shape index (κ1) is 22.2. The zero-order valence-electron chi connectivity index (χ0n) is 18.5. The Balaban J connectivity index is 1.71. The van der Waals surface area contributed by atoms with E-state index < -0.39 is 22.8 Å². The summed E-state index contributed by atoms with van der Waals surface area (Å²) in [6, 6.07) is 8.91. The van der Waals surface area contributed by atoms with E-state index >= 15 is 0 Å². The number of urea groups is 1. The summed E-state index contributed by atoms with van der Waals surface area (Å²) < 4.78 is 0. The number of nitro groups is 1. The number of amides is 4. The predicted molar refractivity (Wildman–Crippen MR) is 124 cm³/mol. The molecule has 0 spiro atoms. The molecule has 9 nitrogen and oxygen atoms in total. The van der Waals surface area contributed by atoms with E-state index in [1.165, 1.54) is 12.1 Å². The molecule has 4 rings (SSSR count). The van der Waals surface area contributed by atoms with Crippen molar-refractivity contribution in [2.45, 2.75) is 33.1 Å². The summed E-state index contributed by atoms with van der Waals surface area (Å²) in [6.07, 6.45) is 4.33. The van der Waals surface area contributed by atoms with Crippen LogP contribution in [0.3, 0.4) is 0 Å². The van der Waals surface area contributed by atoms with Gasteiger partial charge in [-0.1, -0.05) is 12.1 Å². The summed E-state index contributed by atoms with van der Waals surface area (Å²) in [5, 5.41) is 13.9. The van der Waals surface area contributed by atoms with Crippen LogP contribution in [0.5, 0.6) is 0 Å². The van der Waals surface area contributed by atoms with E-state index in [-0.39, 0.29) is 11.3 Å². The lowest BCUT2D eigenvalue weighted by Crippen LogP contribution is -2.54. The number of nitrogens with one attached hydrogen (secondary N) is 1. The van der Waals surface area contributed by atoms with Gasteiger partial charge in [0, 0.05) is 19.2 Å². The molecule has 9 heteroatoms. The van der Waals surface area contributed by atoms with E-state index in [9.17, 15) is 24.5 Å². The SMILES string of the molecule is Cc1ccc(N2C(=O)NC(=O)/C(=C\c3ccc(N4CCCCC4)c([N+](=O)[O-])c3)C2=O)cc1C. The lowest BCUT2D eigenvalue weighted by Gasteiger charge is -2.28. The summed E-state index contributed by atoms with van der Waals surface area (Å²) in [4.78, 5) is 52.2. The van der Waals surface area contributed by atoms with Crippen LogP contribution in [0.4, 0.5) is 21.9 Å². The molecule has 0 bridgehead atoms. The first-order valence-electron chi connectivity index (χ1n) is 10.8. The number of hydrogen-bond donors (Lipinski definition) is 1. The van der Waals surface area contributed by atoms with Crippen LogP contribution in [0, 0.1) is 24.0 Å². The van der Waals surface area contributed by atoms with Gasteiger partial charge in [0.1, 0.15) is 11.3 Å². The number of benzene rings is 2. The molecule has 0 atom stereocenters. The number of nitrogens with zero attached hydrogens (tertiary/aromatic N) is 3. The second-order valence-electron chi connectivity index (χ2n) is 8.28. The quantitative estimate of drug-likeness (QED) is 0.329. The molecule has 2 fully saturated rings. The number of carbonyl (C=O) groups excluding carboxylic acids is 3. The maximum atomic E-state index is 13.1. The van der Waals surface area contributed by atoms with Crippen molar-refractivity contribution < 1.29 is 19.3 Å². The number of piperidine rings is 1. The van der Waals surface area contributed by atoms with Crippen LogP contribution >= 0.6 is 0 Å².